The summed E-state index contributed by atoms with van der Waals surface area (Å²) in [5.41, 5.74) is 11.8. The number of hydrogen-bond acceptors (Lipinski definition) is 2. The first-order valence-electron chi connectivity index (χ1n) is 18.8. The Morgan fingerprint density at radius 1 is 0.382 bits per heavy atom. The van der Waals surface area contributed by atoms with E-state index in [-0.39, 0.29) is 0 Å². The molecule has 0 amide bonds. The first-order chi connectivity index (χ1) is 27.3. The van der Waals surface area contributed by atoms with E-state index in [9.17, 15) is 0 Å². The van der Waals surface area contributed by atoms with Gasteiger partial charge in [0.05, 0.1) is 22.4 Å². The van der Waals surface area contributed by atoms with Crippen molar-refractivity contribution in [3.63, 3.8) is 0 Å². The molecule has 0 atom stereocenters. The Labute approximate surface area is 323 Å². The summed E-state index contributed by atoms with van der Waals surface area (Å²) in [6.07, 6.45) is 0. The molecule has 2 aromatic heterocycles. The summed E-state index contributed by atoms with van der Waals surface area (Å²) in [7, 11) is 0. The van der Waals surface area contributed by atoms with E-state index in [2.05, 4.69) is 216 Å². The fourth-order valence-electron chi connectivity index (χ4n) is 8.45. The van der Waals surface area contributed by atoms with Crippen molar-refractivity contribution in [2.75, 3.05) is 4.90 Å². The highest BCUT2D eigenvalue weighted by molar-refractivity contribution is 7.26. The highest BCUT2D eigenvalue weighted by Crippen LogP contribution is 2.46. The largest absolute Gasteiger partial charge is 0.310 e. The van der Waals surface area contributed by atoms with E-state index in [0.29, 0.717) is 0 Å². The normalized spacial score (nSPS) is 11.6. The van der Waals surface area contributed by atoms with Crippen LogP contribution in [0, 0.1) is 0 Å². The van der Waals surface area contributed by atoms with Crippen molar-refractivity contribution in [3.8, 4) is 27.9 Å². The first-order valence-corrected chi connectivity index (χ1v) is 19.6. The van der Waals surface area contributed by atoms with Gasteiger partial charge in [0.15, 0.2) is 0 Å². The summed E-state index contributed by atoms with van der Waals surface area (Å²) < 4.78 is 5.01. The van der Waals surface area contributed by atoms with Crippen LogP contribution in [-0.4, -0.2) is 4.57 Å². The topological polar surface area (TPSA) is 8.17 Å². The molecule has 0 N–H and O–H groups in total. The third-order valence-corrected chi connectivity index (χ3v) is 12.1. The fourth-order valence-corrected chi connectivity index (χ4v) is 9.58. The smallest absolute Gasteiger partial charge is 0.0554 e. The number of nitrogens with zero attached hydrogens (tertiary/aromatic N) is 2. The zero-order chi connectivity index (χ0) is 36.3. The van der Waals surface area contributed by atoms with E-state index < -0.39 is 0 Å². The molecule has 11 rings (SSSR count). The number of anilines is 3. The molecule has 2 heterocycles. The predicted molar refractivity (Wildman–Crippen MR) is 237 cm³/mol. The van der Waals surface area contributed by atoms with E-state index in [0.717, 1.165) is 11.4 Å². The van der Waals surface area contributed by atoms with E-state index >= 15 is 0 Å². The summed E-state index contributed by atoms with van der Waals surface area (Å²) >= 11 is 1.86. The van der Waals surface area contributed by atoms with Gasteiger partial charge in [-0.05, 0) is 94.2 Å². The first kappa shape index (κ1) is 31.6. The Morgan fingerprint density at radius 3 is 1.82 bits per heavy atom. The Balaban J connectivity index is 1.03. The second kappa shape index (κ2) is 12.9. The standard InChI is InChI=1S/C52H34N2S/c1-2-14-38-34-41(32-29-35(38)13-1)53(49-24-12-26-51-52(49)45-20-6-10-25-50(45)55-51)40-30-27-36(28-31-40)37-15-11-16-39(33-37)42-17-3-7-21-46(42)54-47-22-8-4-18-43(47)44-19-5-9-23-48(44)54/h1-34H. The maximum atomic E-state index is 2.43. The van der Waals surface area contributed by atoms with Crippen LogP contribution in [-0.2, 0) is 0 Å². The van der Waals surface area contributed by atoms with Crippen LogP contribution in [0.15, 0.2) is 206 Å². The number of thiophene rings is 1. The molecule has 0 unspecified atom stereocenters. The summed E-state index contributed by atoms with van der Waals surface area (Å²) in [5.74, 6) is 0. The number of fused-ring (bicyclic) bond motifs is 7. The molecule has 0 saturated heterocycles. The van der Waals surface area contributed by atoms with Gasteiger partial charge in [0.25, 0.3) is 0 Å². The van der Waals surface area contributed by atoms with E-state index in [1.54, 1.807) is 0 Å². The lowest BCUT2D eigenvalue weighted by molar-refractivity contribution is 1.18. The summed E-state index contributed by atoms with van der Waals surface area (Å²) in [6, 6.07) is 75.2. The van der Waals surface area contributed by atoms with E-state index in [1.807, 2.05) is 11.3 Å². The van der Waals surface area contributed by atoms with Crippen LogP contribution in [0.3, 0.4) is 0 Å². The zero-order valence-corrected chi connectivity index (χ0v) is 30.7. The van der Waals surface area contributed by atoms with Crippen LogP contribution >= 0.6 is 11.3 Å². The van der Waals surface area contributed by atoms with Crippen molar-refractivity contribution in [3.05, 3.63) is 206 Å². The minimum Gasteiger partial charge on any atom is -0.310 e. The molecule has 55 heavy (non-hydrogen) atoms. The Kier molecular flexibility index (Phi) is 7.39. The summed E-state index contributed by atoms with van der Waals surface area (Å²) in [6.45, 7) is 0. The van der Waals surface area contributed by atoms with Gasteiger partial charge in [-0.1, -0.05) is 140 Å². The molecule has 9 aromatic carbocycles. The fraction of sp³-hybridized carbons (Fsp3) is 0. The van der Waals surface area contributed by atoms with Crippen molar-refractivity contribution in [2.24, 2.45) is 0 Å². The van der Waals surface area contributed by atoms with Gasteiger partial charge >= 0.3 is 0 Å². The number of rotatable bonds is 6. The third-order valence-electron chi connectivity index (χ3n) is 11.0. The maximum Gasteiger partial charge on any atom is 0.0554 e. The Bertz CT molecular complexity index is 3170. The van der Waals surface area contributed by atoms with E-state index in [4.69, 9.17) is 0 Å². The van der Waals surface area contributed by atoms with Gasteiger partial charge in [-0.15, -0.1) is 11.3 Å². The number of para-hydroxylation sites is 3. The molecule has 2 nitrogen and oxygen atoms in total. The monoisotopic (exact) mass is 718 g/mol. The minimum atomic E-state index is 1.12. The molecular weight excluding hydrogens is 685 g/mol. The average molecular weight is 719 g/mol. The van der Waals surface area contributed by atoms with Crippen LogP contribution in [0.4, 0.5) is 17.1 Å². The summed E-state index contributed by atoms with van der Waals surface area (Å²) in [5, 5.41) is 7.57. The van der Waals surface area contributed by atoms with Gasteiger partial charge < -0.3 is 9.47 Å². The number of benzene rings is 9. The molecule has 258 valence electrons. The summed E-state index contributed by atoms with van der Waals surface area (Å²) in [4.78, 5) is 2.43. The maximum absolute atomic E-state index is 2.43. The van der Waals surface area contributed by atoms with Crippen molar-refractivity contribution >= 4 is 81.1 Å². The lowest BCUT2D eigenvalue weighted by Crippen LogP contribution is -2.10. The van der Waals surface area contributed by atoms with E-state index in [1.165, 1.54) is 86.4 Å². The lowest BCUT2D eigenvalue weighted by Gasteiger charge is -2.27. The second-order valence-corrected chi connectivity index (χ2v) is 15.2. The van der Waals surface area contributed by atoms with Crippen molar-refractivity contribution in [1.29, 1.82) is 0 Å². The quantitative estimate of drug-likeness (QED) is 0.166. The molecule has 0 aliphatic heterocycles. The highest BCUT2D eigenvalue weighted by atomic mass is 32.1. The van der Waals surface area contributed by atoms with Gasteiger partial charge in [0.1, 0.15) is 0 Å². The van der Waals surface area contributed by atoms with Gasteiger partial charge in [-0.2, -0.15) is 0 Å². The molecule has 0 fully saturated rings. The predicted octanol–water partition coefficient (Wildman–Crippen LogP) is 15.1. The van der Waals surface area contributed by atoms with Crippen molar-refractivity contribution in [1.82, 2.24) is 4.57 Å². The van der Waals surface area contributed by atoms with Crippen LogP contribution < -0.4 is 4.90 Å². The van der Waals surface area contributed by atoms with Crippen molar-refractivity contribution < 1.29 is 0 Å². The third kappa shape index (κ3) is 5.24. The van der Waals surface area contributed by atoms with Gasteiger partial charge in [-0.3, -0.25) is 0 Å². The molecule has 11 aromatic rings. The van der Waals surface area contributed by atoms with Crippen LogP contribution in [0.1, 0.15) is 0 Å². The average Bonchev–Trinajstić information content (AvgIpc) is 3.80. The van der Waals surface area contributed by atoms with Crippen LogP contribution in [0.5, 0.6) is 0 Å². The second-order valence-electron chi connectivity index (χ2n) is 14.1. The zero-order valence-electron chi connectivity index (χ0n) is 29.9. The number of hydrogen-bond donors (Lipinski definition) is 0. The highest BCUT2D eigenvalue weighted by Gasteiger charge is 2.20. The van der Waals surface area contributed by atoms with Gasteiger partial charge in [0.2, 0.25) is 0 Å². The van der Waals surface area contributed by atoms with Crippen LogP contribution in [0.25, 0.3) is 80.7 Å². The minimum absolute atomic E-state index is 1.12. The molecule has 0 saturated carbocycles. The Hall–Kier alpha value is -6.94. The number of aromatic nitrogens is 1. The SMILES string of the molecule is c1cc(-c2ccc(N(c3ccc4ccccc4c3)c3cccc4sc5ccccc5c34)cc2)cc(-c2ccccc2-n2c3ccccc3c3ccccc32)c1. The molecule has 0 bridgehead atoms. The molecular formula is C52H34N2S. The molecule has 0 aliphatic carbocycles. The van der Waals surface area contributed by atoms with Gasteiger partial charge in [-0.25, -0.2) is 0 Å². The van der Waals surface area contributed by atoms with Gasteiger partial charge in [0, 0.05) is 47.9 Å². The molecule has 0 spiro atoms. The lowest BCUT2D eigenvalue weighted by atomic mass is 9.97. The molecule has 0 radical (unpaired) electrons. The molecule has 0 aliphatic rings. The van der Waals surface area contributed by atoms with Crippen molar-refractivity contribution in [2.45, 2.75) is 0 Å². The van der Waals surface area contributed by atoms with Crippen LogP contribution in [0.2, 0.25) is 0 Å². The Morgan fingerprint density at radius 2 is 1.00 bits per heavy atom. The molecule has 3 heteroatoms.